The smallest absolute Gasteiger partial charge is 0.236 e. The minimum Gasteiger partial charge on any atom is -0.236 e. The zero-order chi connectivity index (χ0) is 13.8. The molecule has 1 radical (unpaired) electrons. The molecular formula is C11H4F3N2O2S. The van der Waals surface area contributed by atoms with Crippen LogP contribution in [0.4, 0.5) is 13.2 Å². The van der Waals surface area contributed by atoms with Crippen molar-refractivity contribution in [2.75, 3.05) is 0 Å². The summed E-state index contributed by atoms with van der Waals surface area (Å²) in [4.78, 5) is 6.67. The third-order valence-corrected chi connectivity index (χ3v) is 4.19. The third kappa shape index (κ3) is 1.56. The van der Waals surface area contributed by atoms with Crippen molar-refractivity contribution < 1.29 is 21.6 Å². The summed E-state index contributed by atoms with van der Waals surface area (Å²) in [5.41, 5.74) is -5.43. The first-order valence-corrected chi connectivity index (χ1v) is 6.49. The van der Waals surface area contributed by atoms with Gasteiger partial charge in [0.15, 0.2) is 5.65 Å². The van der Waals surface area contributed by atoms with Gasteiger partial charge in [-0.1, -0.05) is 12.1 Å². The number of sulfone groups is 1. The fourth-order valence-corrected chi connectivity index (χ4v) is 2.79. The number of alkyl halides is 3. The van der Waals surface area contributed by atoms with Crippen molar-refractivity contribution in [1.29, 1.82) is 0 Å². The van der Waals surface area contributed by atoms with Crippen molar-refractivity contribution in [3.05, 3.63) is 30.6 Å². The number of benzene rings is 1. The van der Waals surface area contributed by atoms with Crippen LogP contribution in [0.3, 0.4) is 0 Å². The van der Waals surface area contributed by atoms with Crippen molar-refractivity contribution in [1.82, 2.24) is 9.97 Å². The molecule has 3 heterocycles. The first kappa shape index (κ1) is 12.1. The quantitative estimate of drug-likeness (QED) is 0.688. The molecule has 8 heteroatoms. The lowest BCUT2D eigenvalue weighted by Gasteiger charge is -2.12. The van der Waals surface area contributed by atoms with Gasteiger partial charge in [-0.15, -0.1) is 0 Å². The Morgan fingerprint density at radius 3 is 2.37 bits per heavy atom. The summed E-state index contributed by atoms with van der Waals surface area (Å²) in [6, 6.07) is 4.77. The van der Waals surface area contributed by atoms with Crippen LogP contribution in [0.5, 0.6) is 0 Å². The highest BCUT2D eigenvalue weighted by Gasteiger charge is 2.48. The highest BCUT2D eigenvalue weighted by atomic mass is 32.2. The molecule has 0 atom stereocenters. The molecule has 0 saturated heterocycles. The molecule has 0 amide bonds. The molecule has 1 aromatic carbocycles. The van der Waals surface area contributed by atoms with Crippen LogP contribution >= 0.6 is 0 Å². The Morgan fingerprint density at radius 1 is 1.16 bits per heavy atom. The van der Waals surface area contributed by atoms with Crippen molar-refractivity contribution >= 4 is 31.6 Å². The zero-order valence-corrected chi connectivity index (χ0v) is 9.88. The number of hydrogen-bond donors (Lipinski definition) is 0. The minimum atomic E-state index is -5.48. The zero-order valence-electron chi connectivity index (χ0n) is 9.06. The first-order valence-electron chi connectivity index (χ1n) is 5.01. The number of fused-ring (bicyclic) bond motifs is 2. The molecule has 0 saturated carbocycles. The van der Waals surface area contributed by atoms with Gasteiger partial charge in [0.25, 0.3) is 9.84 Å². The highest BCUT2D eigenvalue weighted by molar-refractivity contribution is 7.92. The van der Waals surface area contributed by atoms with Gasteiger partial charge in [-0.2, -0.15) is 13.2 Å². The van der Waals surface area contributed by atoms with E-state index < -0.39 is 20.2 Å². The van der Waals surface area contributed by atoms with Crippen LogP contribution in [-0.2, 0) is 9.84 Å². The van der Waals surface area contributed by atoms with Gasteiger partial charge >= 0.3 is 5.51 Å². The lowest BCUT2D eigenvalue weighted by Crippen LogP contribution is -2.23. The molecule has 4 aromatic rings. The maximum absolute atomic E-state index is 12.6. The van der Waals surface area contributed by atoms with E-state index in [9.17, 15) is 21.6 Å². The van der Waals surface area contributed by atoms with Gasteiger partial charge in [0.2, 0.25) is 0 Å². The molecule has 0 aliphatic carbocycles. The average molecular weight is 285 g/mol. The van der Waals surface area contributed by atoms with E-state index in [1.54, 1.807) is 0 Å². The maximum atomic E-state index is 12.6. The Morgan fingerprint density at radius 2 is 1.79 bits per heavy atom. The van der Waals surface area contributed by atoms with E-state index in [1.807, 2.05) is 0 Å². The molecule has 0 spiro atoms. The van der Waals surface area contributed by atoms with Gasteiger partial charge in [-0.05, 0) is 5.39 Å². The molecule has 4 nitrogen and oxygen atoms in total. The van der Waals surface area contributed by atoms with Crippen LogP contribution in [0.1, 0.15) is 0 Å². The molecule has 0 fully saturated rings. The average Bonchev–Trinajstić information content (AvgIpc) is 2.38. The van der Waals surface area contributed by atoms with E-state index in [-0.39, 0.29) is 11.0 Å². The lowest BCUT2D eigenvalue weighted by atomic mass is 10.1. The van der Waals surface area contributed by atoms with Crippen molar-refractivity contribution in [3.63, 3.8) is 0 Å². The van der Waals surface area contributed by atoms with Crippen LogP contribution < -0.4 is 0 Å². The van der Waals surface area contributed by atoms with E-state index in [4.69, 9.17) is 0 Å². The second-order valence-corrected chi connectivity index (χ2v) is 5.72. The van der Waals surface area contributed by atoms with E-state index in [1.165, 1.54) is 18.5 Å². The molecular weight excluding hydrogens is 281 g/mol. The van der Waals surface area contributed by atoms with Crippen LogP contribution in [0.25, 0.3) is 21.8 Å². The Bertz CT molecular complexity index is 854. The van der Waals surface area contributed by atoms with Crippen molar-refractivity contribution in [2.45, 2.75) is 10.4 Å². The third-order valence-electron chi connectivity index (χ3n) is 2.72. The number of halogens is 3. The largest absolute Gasteiger partial charge is 0.501 e. The van der Waals surface area contributed by atoms with Gasteiger partial charge < -0.3 is 0 Å². The molecule has 3 aromatic heterocycles. The fraction of sp³-hybridized carbons (Fsp3) is 0.0909. The van der Waals surface area contributed by atoms with Gasteiger partial charge in [0.1, 0.15) is 0 Å². The number of pyridine rings is 2. The Kier molecular flexibility index (Phi) is 2.25. The minimum absolute atomic E-state index is 0.0512. The monoisotopic (exact) mass is 285 g/mol. The first-order chi connectivity index (χ1) is 8.82. The van der Waals surface area contributed by atoms with Gasteiger partial charge in [-0.3, -0.25) is 0 Å². The van der Waals surface area contributed by atoms with Crippen LogP contribution in [-0.4, -0.2) is 23.9 Å². The standard InChI is InChI=1S/C11H4F3N2O2S/c12-11(13,14)19(17,18)8-3-1-2-7-6-4-15-10(9(7)8)16-5-6/h1-2,4-5H. The molecule has 0 aliphatic rings. The van der Waals surface area contributed by atoms with Crippen LogP contribution in [0.2, 0.25) is 0 Å². The highest BCUT2D eigenvalue weighted by Crippen LogP contribution is 2.36. The number of nitrogens with zero attached hydrogens (tertiary/aromatic N) is 2. The van der Waals surface area contributed by atoms with Crippen molar-refractivity contribution in [3.8, 4) is 0 Å². The Hall–Kier alpha value is -1.96. The predicted molar refractivity (Wildman–Crippen MR) is 60.3 cm³/mol. The summed E-state index contributed by atoms with van der Waals surface area (Å²) in [7, 11) is -5.48. The molecule has 2 bridgehead atoms. The molecule has 0 aliphatic heterocycles. The number of rotatable bonds is 1. The molecule has 0 unspecified atom stereocenters. The molecule has 97 valence electrons. The second-order valence-electron chi connectivity index (χ2n) is 3.84. The van der Waals surface area contributed by atoms with Gasteiger partial charge in [-0.25, -0.2) is 18.4 Å². The van der Waals surface area contributed by atoms with Crippen molar-refractivity contribution in [2.24, 2.45) is 0 Å². The fourth-order valence-electron chi connectivity index (χ4n) is 1.86. The van der Waals surface area contributed by atoms with E-state index in [0.29, 0.717) is 10.8 Å². The van der Waals surface area contributed by atoms with E-state index >= 15 is 0 Å². The van der Waals surface area contributed by atoms with Crippen LogP contribution in [0, 0.1) is 6.07 Å². The molecule has 0 N–H and O–H groups in total. The second kappa shape index (κ2) is 3.53. The maximum Gasteiger partial charge on any atom is 0.501 e. The van der Waals surface area contributed by atoms with Gasteiger partial charge in [0, 0.05) is 29.2 Å². The van der Waals surface area contributed by atoms with Crippen LogP contribution in [0.15, 0.2) is 29.4 Å². The van der Waals surface area contributed by atoms with E-state index in [2.05, 4.69) is 16.0 Å². The summed E-state index contributed by atoms with van der Waals surface area (Å²) in [6.45, 7) is 0. The number of hydrogen-bond acceptors (Lipinski definition) is 4. The van der Waals surface area contributed by atoms with Gasteiger partial charge in [0.05, 0.1) is 4.90 Å². The summed E-state index contributed by atoms with van der Waals surface area (Å²) in [6.07, 6.45) is 2.85. The summed E-state index contributed by atoms with van der Waals surface area (Å²) < 4.78 is 60.9. The molecule has 19 heavy (non-hydrogen) atoms. The topological polar surface area (TPSA) is 59.9 Å². The summed E-state index contributed by atoms with van der Waals surface area (Å²) in [5.74, 6) is 0. The Balaban J connectivity index is 2.49. The van der Waals surface area contributed by atoms with E-state index in [0.717, 1.165) is 6.07 Å². The molecule has 4 rings (SSSR count). The SMILES string of the molecule is O=S(=O)(c1[c]ccc2c3cnc(nc3)c12)C(F)(F)F. The Labute approximate surface area is 105 Å². The lowest BCUT2D eigenvalue weighted by molar-refractivity contribution is -0.0435. The number of aromatic nitrogens is 2. The normalized spacial score (nSPS) is 13.4. The predicted octanol–water partition coefficient (Wildman–Crippen LogP) is 2.31. The summed E-state index contributed by atoms with van der Waals surface area (Å²) in [5, 5.41) is 0.694. The summed E-state index contributed by atoms with van der Waals surface area (Å²) >= 11 is 0.